The van der Waals surface area contributed by atoms with Gasteiger partial charge in [0.05, 0.1) is 36.4 Å². The smallest absolute Gasteiger partial charge is 0.266 e. The Hall–Kier alpha value is -2.35. The summed E-state index contributed by atoms with van der Waals surface area (Å²) in [6, 6.07) is 14.9. The highest BCUT2D eigenvalue weighted by atomic mass is 32.2. The van der Waals surface area contributed by atoms with Crippen molar-refractivity contribution in [2.24, 2.45) is 0 Å². The van der Waals surface area contributed by atoms with E-state index in [2.05, 4.69) is 0 Å². The van der Waals surface area contributed by atoms with Gasteiger partial charge < -0.3 is 14.2 Å². The van der Waals surface area contributed by atoms with Gasteiger partial charge in [0.2, 0.25) is 0 Å². The lowest BCUT2D eigenvalue weighted by Gasteiger charge is -2.22. The summed E-state index contributed by atoms with van der Waals surface area (Å²) < 4.78 is 17.8. The minimum Gasteiger partial charge on any atom is -0.497 e. The molecule has 6 nitrogen and oxygen atoms in total. The van der Waals surface area contributed by atoms with Gasteiger partial charge >= 0.3 is 0 Å². The van der Waals surface area contributed by atoms with Crippen LogP contribution in [0.4, 0.5) is 0 Å². The summed E-state index contributed by atoms with van der Waals surface area (Å²) in [5.41, 5.74) is 1.33. The molecule has 7 heteroatoms. The van der Waals surface area contributed by atoms with Crippen LogP contribution < -0.4 is 10.3 Å². The highest BCUT2D eigenvalue weighted by Gasteiger charge is 2.18. The van der Waals surface area contributed by atoms with Crippen molar-refractivity contribution in [3.63, 3.8) is 0 Å². The molecule has 0 saturated carbocycles. The number of hydrogen-bond acceptors (Lipinski definition) is 6. The molecule has 1 aromatic heterocycles. The van der Waals surface area contributed by atoms with Crippen LogP contribution >= 0.6 is 11.8 Å². The first-order valence-corrected chi connectivity index (χ1v) is 9.73. The Morgan fingerprint density at radius 1 is 1.26 bits per heavy atom. The average Bonchev–Trinajstić information content (AvgIpc) is 2.73. The molecular formula is C20H20N2O4S. The average molecular weight is 384 g/mol. The summed E-state index contributed by atoms with van der Waals surface area (Å²) in [5.74, 6) is 1.40. The minimum atomic E-state index is -0.0933. The number of aromatic nitrogens is 2. The standard InChI is InChI=1S/C20H20N2O4S/c1-24-15-6-4-5-14(11-15)22-19(23)17-7-2-3-8-18(17)21-20(22)27-12-16-9-10-25-13-26-16/h2-8,11,16H,9-10,12-13H2,1H3/t16-/m1/s1. The van der Waals surface area contributed by atoms with E-state index in [1.54, 1.807) is 17.7 Å². The lowest BCUT2D eigenvalue weighted by Crippen LogP contribution is -2.27. The molecule has 0 spiro atoms. The summed E-state index contributed by atoms with van der Waals surface area (Å²) in [4.78, 5) is 18.0. The number of fused-ring (bicyclic) bond motifs is 1. The van der Waals surface area contributed by atoms with Gasteiger partial charge in [0, 0.05) is 11.8 Å². The summed E-state index contributed by atoms with van der Waals surface area (Å²) in [6.07, 6.45) is 0.926. The summed E-state index contributed by atoms with van der Waals surface area (Å²) in [7, 11) is 1.61. The first-order chi connectivity index (χ1) is 13.3. The molecule has 2 heterocycles. The number of rotatable bonds is 5. The largest absolute Gasteiger partial charge is 0.497 e. The normalized spacial score (nSPS) is 17.1. The van der Waals surface area contributed by atoms with E-state index >= 15 is 0 Å². The third-order valence-electron chi connectivity index (χ3n) is 4.43. The molecule has 1 aliphatic heterocycles. The van der Waals surface area contributed by atoms with Gasteiger partial charge in [0.25, 0.3) is 5.56 Å². The fourth-order valence-electron chi connectivity index (χ4n) is 2.99. The van der Waals surface area contributed by atoms with E-state index in [1.165, 1.54) is 11.8 Å². The Morgan fingerprint density at radius 3 is 2.96 bits per heavy atom. The number of benzene rings is 2. The van der Waals surface area contributed by atoms with Gasteiger partial charge in [-0.15, -0.1) is 0 Å². The van der Waals surface area contributed by atoms with Crippen LogP contribution in [0.3, 0.4) is 0 Å². The molecule has 1 aliphatic rings. The van der Waals surface area contributed by atoms with Crippen LogP contribution in [0.5, 0.6) is 5.75 Å². The summed E-state index contributed by atoms with van der Waals surface area (Å²) in [5, 5.41) is 1.23. The van der Waals surface area contributed by atoms with Crippen molar-refractivity contribution in [3.05, 3.63) is 58.9 Å². The van der Waals surface area contributed by atoms with Crippen molar-refractivity contribution in [1.82, 2.24) is 9.55 Å². The van der Waals surface area contributed by atoms with Crippen LogP contribution in [0.1, 0.15) is 6.42 Å². The molecule has 3 aromatic rings. The van der Waals surface area contributed by atoms with Crippen molar-refractivity contribution in [2.45, 2.75) is 17.7 Å². The lowest BCUT2D eigenvalue weighted by molar-refractivity contribution is -0.130. The monoisotopic (exact) mass is 384 g/mol. The van der Waals surface area contributed by atoms with Crippen molar-refractivity contribution >= 4 is 22.7 Å². The van der Waals surface area contributed by atoms with E-state index in [0.717, 1.165) is 12.1 Å². The zero-order valence-corrected chi connectivity index (χ0v) is 15.8. The highest BCUT2D eigenvalue weighted by Crippen LogP contribution is 2.25. The second-order valence-electron chi connectivity index (χ2n) is 6.17. The van der Waals surface area contributed by atoms with Crippen molar-refractivity contribution in [2.75, 3.05) is 26.3 Å². The van der Waals surface area contributed by atoms with Gasteiger partial charge in [-0.05, 0) is 30.7 Å². The third-order valence-corrected chi connectivity index (χ3v) is 5.50. The number of thioether (sulfide) groups is 1. The molecule has 2 aromatic carbocycles. The Bertz CT molecular complexity index is 999. The van der Waals surface area contributed by atoms with Crippen LogP contribution in [0.15, 0.2) is 58.5 Å². The fraction of sp³-hybridized carbons (Fsp3) is 0.300. The lowest BCUT2D eigenvalue weighted by atomic mass is 10.2. The zero-order valence-electron chi connectivity index (χ0n) is 15.0. The number of ether oxygens (including phenoxy) is 3. The van der Waals surface area contributed by atoms with E-state index in [0.29, 0.717) is 41.0 Å². The Balaban J connectivity index is 1.78. The van der Waals surface area contributed by atoms with Crippen molar-refractivity contribution < 1.29 is 14.2 Å². The van der Waals surface area contributed by atoms with Gasteiger partial charge in [-0.25, -0.2) is 4.98 Å². The molecule has 0 amide bonds. The van der Waals surface area contributed by atoms with Crippen LogP contribution in [-0.2, 0) is 9.47 Å². The quantitative estimate of drug-likeness (QED) is 0.497. The summed E-state index contributed by atoms with van der Waals surface area (Å²) in [6.45, 7) is 1.01. The molecule has 4 rings (SSSR count). The van der Waals surface area contributed by atoms with Crippen molar-refractivity contribution in [1.29, 1.82) is 0 Å². The van der Waals surface area contributed by atoms with E-state index in [1.807, 2.05) is 42.5 Å². The second kappa shape index (κ2) is 8.12. The molecule has 0 radical (unpaired) electrons. The molecule has 0 unspecified atom stereocenters. The maximum absolute atomic E-state index is 13.2. The molecular weight excluding hydrogens is 364 g/mol. The SMILES string of the molecule is COc1cccc(-n2c(SC[C@H]3CCOCO3)nc3ccccc3c2=O)c1. The highest BCUT2D eigenvalue weighted by molar-refractivity contribution is 7.99. The van der Waals surface area contributed by atoms with E-state index in [4.69, 9.17) is 19.2 Å². The molecule has 27 heavy (non-hydrogen) atoms. The fourth-order valence-corrected chi connectivity index (χ4v) is 4.06. The number of methoxy groups -OCH3 is 1. The first kappa shape index (κ1) is 18.0. The summed E-state index contributed by atoms with van der Waals surface area (Å²) >= 11 is 1.52. The maximum Gasteiger partial charge on any atom is 0.266 e. The topological polar surface area (TPSA) is 62.6 Å². The third kappa shape index (κ3) is 3.85. The molecule has 0 bridgehead atoms. The van der Waals surface area contributed by atoms with Gasteiger partial charge in [-0.2, -0.15) is 0 Å². The molecule has 1 fully saturated rings. The maximum atomic E-state index is 13.2. The predicted molar refractivity (Wildman–Crippen MR) is 105 cm³/mol. The van der Waals surface area contributed by atoms with Crippen LogP contribution in [0.25, 0.3) is 16.6 Å². The molecule has 0 aliphatic carbocycles. The van der Waals surface area contributed by atoms with Crippen LogP contribution in [-0.4, -0.2) is 41.9 Å². The molecule has 0 N–H and O–H groups in total. The van der Waals surface area contributed by atoms with Gasteiger partial charge in [-0.3, -0.25) is 9.36 Å². The Morgan fingerprint density at radius 2 is 2.15 bits per heavy atom. The van der Waals surface area contributed by atoms with Crippen molar-refractivity contribution in [3.8, 4) is 11.4 Å². The number of hydrogen-bond donors (Lipinski definition) is 0. The van der Waals surface area contributed by atoms with Gasteiger partial charge in [0.1, 0.15) is 12.5 Å². The van der Waals surface area contributed by atoms with Crippen LogP contribution in [0, 0.1) is 0 Å². The first-order valence-electron chi connectivity index (χ1n) is 8.74. The molecule has 140 valence electrons. The number of nitrogens with zero attached hydrogens (tertiary/aromatic N) is 2. The Kier molecular flexibility index (Phi) is 5.42. The molecule has 1 atom stereocenters. The van der Waals surface area contributed by atoms with Gasteiger partial charge in [0.15, 0.2) is 5.16 Å². The predicted octanol–water partition coefficient (Wildman–Crippen LogP) is 3.25. The minimum absolute atomic E-state index is 0.0888. The van der Waals surface area contributed by atoms with E-state index in [-0.39, 0.29) is 11.7 Å². The second-order valence-corrected chi connectivity index (χ2v) is 7.16. The van der Waals surface area contributed by atoms with Crippen LogP contribution in [0.2, 0.25) is 0 Å². The van der Waals surface area contributed by atoms with E-state index in [9.17, 15) is 4.79 Å². The molecule has 1 saturated heterocycles. The van der Waals surface area contributed by atoms with Gasteiger partial charge in [-0.1, -0.05) is 30.0 Å². The number of para-hydroxylation sites is 1. The zero-order chi connectivity index (χ0) is 18.6. The Labute approximate surface area is 161 Å². The van der Waals surface area contributed by atoms with E-state index < -0.39 is 0 Å².